The van der Waals surface area contributed by atoms with Gasteiger partial charge in [-0.25, -0.2) is 0 Å². The molecular formula is C18H29NO. The van der Waals surface area contributed by atoms with Crippen LogP contribution in [-0.4, -0.2) is 12.6 Å². The van der Waals surface area contributed by atoms with Crippen molar-refractivity contribution in [2.45, 2.75) is 65.2 Å². The number of benzene rings is 1. The van der Waals surface area contributed by atoms with Gasteiger partial charge >= 0.3 is 0 Å². The minimum atomic E-state index is 0.492. The van der Waals surface area contributed by atoms with Crippen LogP contribution >= 0.6 is 0 Å². The molecule has 1 aromatic carbocycles. The monoisotopic (exact) mass is 275 g/mol. The van der Waals surface area contributed by atoms with Crippen molar-refractivity contribution in [2.75, 3.05) is 6.54 Å². The molecule has 1 aromatic rings. The highest BCUT2D eigenvalue weighted by molar-refractivity contribution is 5.22. The third-order valence-corrected chi connectivity index (χ3v) is 3.91. The summed E-state index contributed by atoms with van der Waals surface area (Å²) in [6, 6.07) is 8.79. The van der Waals surface area contributed by atoms with Crippen molar-refractivity contribution in [3.63, 3.8) is 0 Å². The van der Waals surface area contributed by atoms with Gasteiger partial charge < -0.3 is 10.1 Å². The van der Waals surface area contributed by atoms with Crippen LogP contribution in [0.4, 0.5) is 0 Å². The topological polar surface area (TPSA) is 21.3 Å². The molecule has 0 unspecified atom stereocenters. The molecule has 2 nitrogen and oxygen atoms in total. The molecule has 1 saturated carbocycles. The second-order valence-electron chi connectivity index (χ2n) is 6.42. The zero-order valence-corrected chi connectivity index (χ0v) is 13.0. The maximum Gasteiger partial charge on any atom is 0.0720 e. The molecule has 0 radical (unpaired) electrons. The summed E-state index contributed by atoms with van der Waals surface area (Å²) in [5.74, 6) is 0.702. The van der Waals surface area contributed by atoms with Gasteiger partial charge in [0, 0.05) is 6.54 Å². The fraction of sp³-hybridized carbons (Fsp3) is 0.667. The van der Waals surface area contributed by atoms with Gasteiger partial charge in [-0.3, -0.25) is 0 Å². The van der Waals surface area contributed by atoms with E-state index in [-0.39, 0.29) is 0 Å². The Hall–Kier alpha value is -0.860. The van der Waals surface area contributed by atoms with E-state index in [1.54, 1.807) is 0 Å². The Kier molecular flexibility index (Phi) is 6.55. The molecule has 20 heavy (non-hydrogen) atoms. The lowest BCUT2D eigenvalue weighted by Gasteiger charge is -2.22. The Balaban J connectivity index is 1.76. The fourth-order valence-electron chi connectivity index (χ4n) is 2.78. The lowest BCUT2D eigenvalue weighted by molar-refractivity contribution is 0.0168. The van der Waals surface area contributed by atoms with E-state index >= 15 is 0 Å². The van der Waals surface area contributed by atoms with E-state index in [4.69, 9.17) is 4.74 Å². The Bertz CT molecular complexity index is 383. The molecule has 0 amide bonds. The van der Waals surface area contributed by atoms with Gasteiger partial charge in [0.05, 0.1) is 12.7 Å². The molecule has 0 aromatic heterocycles. The average Bonchev–Trinajstić information content (AvgIpc) is 2.46. The molecule has 1 fully saturated rings. The van der Waals surface area contributed by atoms with Gasteiger partial charge in [-0.1, -0.05) is 57.4 Å². The summed E-state index contributed by atoms with van der Waals surface area (Å²) >= 11 is 0. The zero-order valence-electron chi connectivity index (χ0n) is 13.0. The number of hydrogen-bond acceptors (Lipinski definition) is 2. The van der Waals surface area contributed by atoms with E-state index < -0.39 is 0 Å². The summed E-state index contributed by atoms with van der Waals surface area (Å²) in [4.78, 5) is 0. The van der Waals surface area contributed by atoms with E-state index in [0.717, 1.165) is 19.7 Å². The minimum Gasteiger partial charge on any atom is -0.374 e. The fourth-order valence-corrected chi connectivity index (χ4v) is 2.78. The van der Waals surface area contributed by atoms with Gasteiger partial charge in [0.15, 0.2) is 0 Å². The molecule has 0 atom stereocenters. The van der Waals surface area contributed by atoms with Crippen molar-refractivity contribution in [3.05, 3.63) is 35.4 Å². The van der Waals surface area contributed by atoms with Gasteiger partial charge in [-0.15, -0.1) is 0 Å². The van der Waals surface area contributed by atoms with E-state index in [1.165, 1.54) is 43.2 Å². The molecule has 112 valence electrons. The van der Waals surface area contributed by atoms with Crippen LogP contribution in [0.2, 0.25) is 0 Å². The van der Waals surface area contributed by atoms with Crippen LogP contribution in [0.25, 0.3) is 0 Å². The Morgan fingerprint density at radius 3 is 2.65 bits per heavy atom. The third kappa shape index (κ3) is 5.64. The average molecular weight is 275 g/mol. The predicted molar refractivity (Wildman–Crippen MR) is 84.6 cm³/mol. The van der Waals surface area contributed by atoms with Gasteiger partial charge in [-0.2, -0.15) is 0 Å². The first-order valence-corrected chi connectivity index (χ1v) is 8.14. The lowest BCUT2D eigenvalue weighted by atomic mass is 9.98. The Labute approximate surface area is 123 Å². The summed E-state index contributed by atoms with van der Waals surface area (Å²) in [6.07, 6.45) is 7.04. The summed E-state index contributed by atoms with van der Waals surface area (Å²) in [7, 11) is 0. The number of nitrogens with one attached hydrogen (secondary N) is 1. The number of rotatable bonds is 7. The third-order valence-electron chi connectivity index (χ3n) is 3.91. The predicted octanol–water partition coefficient (Wildman–Crippen LogP) is 4.28. The molecule has 0 saturated heterocycles. The first kappa shape index (κ1) is 15.5. The SMILES string of the molecule is CC(C)CNCc1cccc(COC2CCCCC2)c1. The number of hydrogen-bond donors (Lipinski definition) is 1. The normalized spacial score (nSPS) is 16.8. The van der Waals surface area contributed by atoms with E-state index in [0.29, 0.717) is 12.0 Å². The standard InChI is InChI=1S/C18H29NO/c1-15(2)12-19-13-16-7-6-8-17(11-16)14-20-18-9-4-3-5-10-18/h6-8,11,15,18-19H,3-5,9-10,12-14H2,1-2H3. The smallest absolute Gasteiger partial charge is 0.0720 e. The summed E-state index contributed by atoms with van der Waals surface area (Å²) in [5, 5.41) is 3.49. The molecular weight excluding hydrogens is 246 g/mol. The Morgan fingerprint density at radius 2 is 1.90 bits per heavy atom. The van der Waals surface area contributed by atoms with Crippen LogP contribution < -0.4 is 5.32 Å². The van der Waals surface area contributed by atoms with Crippen molar-refractivity contribution in [1.82, 2.24) is 5.32 Å². The molecule has 1 aliphatic carbocycles. The van der Waals surface area contributed by atoms with Crippen molar-refractivity contribution in [2.24, 2.45) is 5.92 Å². The quantitative estimate of drug-likeness (QED) is 0.802. The van der Waals surface area contributed by atoms with Crippen molar-refractivity contribution < 1.29 is 4.74 Å². The molecule has 0 spiro atoms. The minimum absolute atomic E-state index is 0.492. The van der Waals surface area contributed by atoms with Gasteiger partial charge in [0.25, 0.3) is 0 Å². The number of ether oxygens (including phenoxy) is 1. The Morgan fingerprint density at radius 1 is 1.15 bits per heavy atom. The highest BCUT2D eigenvalue weighted by Gasteiger charge is 2.13. The first-order valence-electron chi connectivity index (χ1n) is 8.14. The molecule has 0 aliphatic heterocycles. The lowest BCUT2D eigenvalue weighted by Crippen LogP contribution is -2.19. The molecule has 0 bridgehead atoms. The van der Waals surface area contributed by atoms with Crippen molar-refractivity contribution >= 4 is 0 Å². The summed E-state index contributed by atoms with van der Waals surface area (Å²) in [6.45, 7) is 7.27. The van der Waals surface area contributed by atoms with Crippen molar-refractivity contribution in [3.8, 4) is 0 Å². The first-order chi connectivity index (χ1) is 9.74. The van der Waals surface area contributed by atoms with Gasteiger partial charge in [0.2, 0.25) is 0 Å². The second-order valence-corrected chi connectivity index (χ2v) is 6.42. The maximum atomic E-state index is 6.05. The van der Waals surface area contributed by atoms with Gasteiger partial charge in [-0.05, 0) is 36.4 Å². The van der Waals surface area contributed by atoms with Gasteiger partial charge in [0.1, 0.15) is 0 Å². The summed E-state index contributed by atoms with van der Waals surface area (Å²) < 4.78 is 6.05. The second kappa shape index (κ2) is 8.43. The van der Waals surface area contributed by atoms with Crippen molar-refractivity contribution in [1.29, 1.82) is 0 Å². The van der Waals surface area contributed by atoms with E-state index in [1.807, 2.05) is 0 Å². The zero-order chi connectivity index (χ0) is 14.2. The molecule has 2 heteroatoms. The van der Waals surface area contributed by atoms with Crippen LogP contribution in [0.5, 0.6) is 0 Å². The molecule has 1 N–H and O–H groups in total. The molecule has 2 rings (SSSR count). The van der Waals surface area contributed by atoms with Crippen LogP contribution in [-0.2, 0) is 17.9 Å². The molecule has 0 heterocycles. The highest BCUT2D eigenvalue weighted by Crippen LogP contribution is 2.21. The van der Waals surface area contributed by atoms with Crippen LogP contribution in [0.1, 0.15) is 57.1 Å². The summed E-state index contributed by atoms with van der Waals surface area (Å²) in [5.41, 5.74) is 2.66. The maximum absolute atomic E-state index is 6.05. The van der Waals surface area contributed by atoms with E-state index in [2.05, 4.69) is 43.4 Å². The largest absolute Gasteiger partial charge is 0.374 e. The van der Waals surface area contributed by atoms with E-state index in [9.17, 15) is 0 Å². The molecule has 1 aliphatic rings. The van der Waals surface area contributed by atoms with Crippen LogP contribution in [0.15, 0.2) is 24.3 Å². The van der Waals surface area contributed by atoms with Crippen LogP contribution in [0, 0.1) is 5.92 Å². The van der Waals surface area contributed by atoms with Crippen LogP contribution in [0.3, 0.4) is 0 Å². The highest BCUT2D eigenvalue weighted by atomic mass is 16.5.